The summed E-state index contributed by atoms with van der Waals surface area (Å²) in [4.78, 5) is 5.11. The number of pyridine rings is 1. The Bertz CT molecular complexity index is 1460. The van der Waals surface area contributed by atoms with Crippen LogP contribution in [0.4, 0.5) is 4.39 Å². The molecular weight excluding hydrogens is 397 g/mol. The predicted molar refractivity (Wildman–Crippen MR) is 127 cm³/mol. The molecule has 32 heavy (non-hydrogen) atoms. The van der Waals surface area contributed by atoms with Crippen LogP contribution in [-0.2, 0) is 19.4 Å². The molecule has 1 heterocycles. The molecule has 1 aliphatic carbocycles. The Labute approximate surface area is 186 Å². The van der Waals surface area contributed by atoms with E-state index in [9.17, 15) is 4.39 Å². The third-order valence-electron chi connectivity index (χ3n) is 6.42. The van der Waals surface area contributed by atoms with Gasteiger partial charge >= 0.3 is 0 Å². The molecule has 5 aromatic rings. The van der Waals surface area contributed by atoms with Gasteiger partial charge in [-0.15, -0.1) is 0 Å². The Morgan fingerprint density at radius 3 is 2.44 bits per heavy atom. The monoisotopic (exact) mass is 419 g/mol. The van der Waals surface area contributed by atoms with E-state index in [2.05, 4.69) is 48.5 Å². The van der Waals surface area contributed by atoms with Crippen LogP contribution in [0.2, 0.25) is 0 Å². The van der Waals surface area contributed by atoms with Gasteiger partial charge in [0.05, 0.1) is 11.2 Å². The molecule has 1 aliphatic rings. The minimum atomic E-state index is -0.243. The van der Waals surface area contributed by atoms with Crippen LogP contribution in [0.25, 0.3) is 32.9 Å². The molecule has 0 bridgehead atoms. The van der Waals surface area contributed by atoms with E-state index in [-0.39, 0.29) is 12.4 Å². The topological polar surface area (TPSA) is 22.1 Å². The molecule has 3 heteroatoms. The minimum absolute atomic E-state index is 0.211. The Balaban J connectivity index is 1.37. The smallest absolute Gasteiger partial charge is 0.129 e. The predicted octanol–water partition coefficient (Wildman–Crippen LogP) is 7.26. The quantitative estimate of drug-likeness (QED) is 0.286. The lowest BCUT2D eigenvalue weighted by atomic mass is 9.95. The molecule has 2 nitrogen and oxygen atoms in total. The normalized spacial score (nSPS) is 12.9. The van der Waals surface area contributed by atoms with Gasteiger partial charge in [-0.05, 0) is 77.6 Å². The van der Waals surface area contributed by atoms with E-state index in [0.717, 1.165) is 41.8 Å². The SMILES string of the molecule is Fc1ccccc1COc1ccc(-c2nc3ccc4ccccc4c3c3c2CCC3)cc1. The van der Waals surface area contributed by atoms with Gasteiger partial charge < -0.3 is 4.74 Å². The molecule has 0 amide bonds. The van der Waals surface area contributed by atoms with Gasteiger partial charge in [-0.2, -0.15) is 0 Å². The molecule has 0 radical (unpaired) electrons. The highest BCUT2D eigenvalue weighted by Gasteiger charge is 2.22. The zero-order valence-corrected chi connectivity index (χ0v) is 17.6. The summed E-state index contributed by atoms with van der Waals surface area (Å²) in [5.41, 5.74) is 6.59. The first-order valence-electron chi connectivity index (χ1n) is 11.1. The standard InChI is InChI=1S/C29H22FNO/c30-26-11-4-2-7-21(26)18-32-22-15-12-20(13-16-22)29-25-10-5-9-24(25)28-23-8-3-1-6-19(23)14-17-27(28)31-29/h1-4,6-8,11-17H,5,9-10,18H2. The van der Waals surface area contributed by atoms with Crippen LogP contribution in [0.5, 0.6) is 5.75 Å². The summed E-state index contributed by atoms with van der Waals surface area (Å²) in [6.07, 6.45) is 3.32. The van der Waals surface area contributed by atoms with Crippen molar-refractivity contribution in [3.8, 4) is 17.0 Å². The van der Waals surface area contributed by atoms with E-state index >= 15 is 0 Å². The van der Waals surface area contributed by atoms with Crippen molar-refractivity contribution in [2.75, 3.05) is 0 Å². The number of ether oxygens (including phenoxy) is 1. The number of aromatic nitrogens is 1. The summed E-state index contributed by atoms with van der Waals surface area (Å²) >= 11 is 0. The maximum Gasteiger partial charge on any atom is 0.129 e. The van der Waals surface area contributed by atoms with Crippen molar-refractivity contribution < 1.29 is 9.13 Å². The van der Waals surface area contributed by atoms with E-state index in [4.69, 9.17) is 9.72 Å². The van der Waals surface area contributed by atoms with Crippen LogP contribution < -0.4 is 4.74 Å². The van der Waals surface area contributed by atoms with Gasteiger partial charge in [-0.1, -0.05) is 48.5 Å². The zero-order valence-electron chi connectivity index (χ0n) is 17.6. The van der Waals surface area contributed by atoms with Crippen LogP contribution in [0.15, 0.2) is 84.9 Å². The molecule has 1 aromatic heterocycles. The van der Waals surface area contributed by atoms with Gasteiger partial charge in [0.1, 0.15) is 18.2 Å². The second kappa shape index (κ2) is 7.76. The highest BCUT2D eigenvalue weighted by molar-refractivity contribution is 6.09. The van der Waals surface area contributed by atoms with Gasteiger partial charge in [-0.25, -0.2) is 9.37 Å². The van der Waals surface area contributed by atoms with Crippen molar-refractivity contribution in [1.29, 1.82) is 0 Å². The Morgan fingerprint density at radius 1 is 0.781 bits per heavy atom. The van der Waals surface area contributed by atoms with E-state index < -0.39 is 0 Å². The molecule has 0 aliphatic heterocycles. The molecule has 0 fully saturated rings. The van der Waals surface area contributed by atoms with E-state index in [0.29, 0.717) is 5.56 Å². The molecule has 4 aromatic carbocycles. The Hall–Kier alpha value is -3.72. The number of hydrogen-bond acceptors (Lipinski definition) is 2. The minimum Gasteiger partial charge on any atom is -0.489 e. The summed E-state index contributed by atoms with van der Waals surface area (Å²) in [6.45, 7) is 0.211. The lowest BCUT2D eigenvalue weighted by Gasteiger charge is -2.14. The second-order valence-electron chi connectivity index (χ2n) is 8.36. The third-order valence-corrected chi connectivity index (χ3v) is 6.42. The molecule has 0 unspecified atom stereocenters. The summed E-state index contributed by atoms with van der Waals surface area (Å²) in [7, 11) is 0. The molecule has 156 valence electrons. The van der Waals surface area contributed by atoms with Gasteiger partial charge in [0.15, 0.2) is 0 Å². The molecular formula is C29H22FNO. The highest BCUT2D eigenvalue weighted by atomic mass is 19.1. The van der Waals surface area contributed by atoms with E-state index in [1.165, 1.54) is 33.4 Å². The lowest BCUT2D eigenvalue weighted by Crippen LogP contribution is -1.99. The average molecular weight is 419 g/mol. The van der Waals surface area contributed by atoms with E-state index in [1.54, 1.807) is 12.1 Å². The van der Waals surface area contributed by atoms with Crippen molar-refractivity contribution >= 4 is 21.7 Å². The number of rotatable bonds is 4. The number of aryl methyl sites for hydroxylation is 1. The molecule has 0 N–H and O–H groups in total. The summed E-state index contributed by atoms with van der Waals surface area (Å²) in [5, 5.41) is 3.86. The largest absolute Gasteiger partial charge is 0.489 e. The summed E-state index contributed by atoms with van der Waals surface area (Å²) in [6, 6.07) is 27.6. The van der Waals surface area contributed by atoms with Crippen LogP contribution in [0, 0.1) is 5.82 Å². The maximum atomic E-state index is 13.8. The fourth-order valence-electron chi connectivity index (χ4n) is 4.86. The summed E-state index contributed by atoms with van der Waals surface area (Å²) < 4.78 is 19.7. The number of hydrogen-bond donors (Lipinski definition) is 0. The van der Waals surface area contributed by atoms with Crippen molar-refractivity contribution in [2.45, 2.75) is 25.9 Å². The number of halogens is 1. The van der Waals surface area contributed by atoms with Crippen LogP contribution in [0.3, 0.4) is 0 Å². The first kappa shape index (κ1) is 19.0. The molecule has 0 atom stereocenters. The third kappa shape index (κ3) is 3.21. The first-order chi connectivity index (χ1) is 15.8. The maximum absolute atomic E-state index is 13.8. The zero-order chi connectivity index (χ0) is 21.5. The Morgan fingerprint density at radius 2 is 1.56 bits per heavy atom. The molecule has 0 saturated heterocycles. The number of benzene rings is 4. The number of fused-ring (bicyclic) bond motifs is 5. The second-order valence-corrected chi connectivity index (χ2v) is 8.36. The molecule has 0 spiro atoms. The van der Waals surface area contributed by atoms with Gasteiger partial charge in [-0.3, -0.25) is 0 Å². The van der Waals surface area contributed by atoms with Gasteiger partial charge in [0, 0.05) is 16.5 Å². The summed E-state index contributed by atoms with van der Waals surface area (Å²) in [5.74, 6) is 0.480. The van der Waals surface area contributed by atoms with Gasteiger partial charge in [0.25, 0.3) is 0 Å². The van der Waals surface area contributed by atoms with Crippen molar-refractivity contribution in [2.24, 2.45) is 0 Å². The van der Waals surface area contributed by atoms with Crippen molar-refractivity contribution in [3.63, 3.8) is 0 Å². The molecule has 6 rings (SSSR count). The first-order valence-corrected chi connectivity index (χ1v) is 11.1. The lowest BCUT2D eigenvalue weighted by molar-refractivity contribution is 0.300. The average Bonchev–Trinajstić information content (AvgIpc) is 3.33. The van der Waals surface area contributed by atoms with E-state index in [1.807, 2.05) is 18.2 Å². The number of nitrogens with zero attached hydrogens (tertiary/aromatic N) is 1. The molecule has 0 saturated carbocycles. The highest BCUT2D eigenvalue weighted by Crippen LogP contribution is 2.39. The van der Waals surface area contributed by atoms with Crippen molar-refractivity contribution in [1.82, 2.24) is 4.98 Å². The van der Waals surface area contributed by atoms with Crippen LogP contribution >= 0.6 is 0 Å². The van der Waals surface area contributed by atoms with Crippen LogP contribution in [-0.4, -0.2) is 4.98 Å². The fourth-order valence-corrected chi connectivity index (χ4v) is 4.86. The van der Waals surface area contributed by atoms with Gasteiger partial charge in [0.2, 0.25) is 0 Å². The van der Waals surface area contributed by atoms with Crippen LogP contribution in [0.1, 0.15) is 23.1 Å². The fraction of sp³-hybridized carbons (Fsp3) is 0.138. The Kier molecular flexibility index (Phi) is 4.61. The van der Waals surface area contributed by atoms with Crippen molar-refractivity contribution in [3.05, 3.63) is 107 Å².